The van der Waals surface area contributed by atoms with Crippen molar-refractivity contribution in [1.82, 2.24) is 0 Å². The van der Waals surface area contributed by atoms with Crippen LogP contribution in [-0.2, 0) is 11.2 Å². The molecule has 1 aliphatic rings. The van der Waals surface area contributed by atoms with E-state index in [1.165, 1.54) is 12.1 Å². The average Bonchev–Trinajstić information content (AvgIpc) is 2.65. The van der Waals surface area contributed by atoms with Crippen molar-refractivity contribution in [3.05, 3.63) is 29.6 Å². The van der Waals surface area contributed by atoms with Gasteiger partial charge in [0.05, 0.1) is 11.7 Å². The molecule has 2 atom stereocenters. The second kappa shape index (κ2) is 6.10. The van der Waals surface area contributed by atoms with E-state index >= 15 is 0 Å². The molecule has 0 spiro atoms. The van der Waals surface area contributed by atoms with Gasteiger partial charge in [-0.05, 0) is 57.7 Å². The predicted molar refractivity (Wildman–Crippen MR) is 77.4 cm³/mol. The summed E-state index contributed by atoms with van der Waals surface area (Å²) in [5.74, 6) is 0.264. The summed E-state index contributed by atoms with van der Waals surface area (Å²) in [5.41, 5.74) is 6.53. The maximum Gasteiger partial charge on any atom is 0.127 e. The quantitative estimate of drug-likeness (QED) is 0.902. The van der Waals surface area contributed by atoms with Gasteiger partial charge in [-0.1, -0.05) is 0 Å². The molecule has 1 saturated heterocycles. The van der Waals surface area contributed by atoms with E-state index in [0.29, 0.717) is 18.8 Å². The average molecular weight is 281 g/mol. The van der Waals surface area contributed by atoms with Gasteiger partial charge < -0.3 is 15.2 Å². The molecule has 1 aromatic rings. The van der Waals surface area contributed by atoms with E-state index in [2.05, 4.69) is 13.8 Å². The van der Waals surface area contributed by atoms with Gasteiger partial charge in [-0.2, -0.15) is 0 Å². The lowest BCUT2D eigenvalue weighted by Gasteiger charge is -2.19. The topological polar surface area (TPSA) is 44.5 Å². The fourth-order valence-electron chi connectivity index (χ4n) is 2.58. The van der Waals surface area contributed by atoms with Crippen molar-refractivity contribution >= 4 is 0 Å². The number of hydrogen-bond acceptors (Lipinski definition) is 3. The van der Waals surface area contributed by atoms with E-state index in [9.17, 15) is 4.39 Å². The summed E-state index contributed by atoms with van der Waals surface area (Å²) in [6, 6.07) is 4.77. The molecule has 1 aliphatic heterocycles. The van der Waals surface area contributed by atoms with Crippen LogP contribution in [0.2, 0.25) is 0 Å². The SMILES string of the molecule is CC(N)Cc1cc(F)cc(OCC2CCC(C)(C)O2)c1. The molecule has 4 heteroatoms. The van der Waals surface area contributed by atoms with E-state index < -0.39 is 0 Å². The lowest BCUT2D eigenvalue weighted by atomic mass is 10.1. The van der Waals surface area contributed by atoms with Gasteiger partial charge >= 0.3 is 0 Å². The minimum Gasteiger partial charge on any atom is -0.491 e. The Morgan fingerprint density at radius 1 is 1.45 bits per heavy atom. The zero-order chi connectivity index (χ0) is 14.8. The molecule has 1 aromatic carbocycles. The first-order chi connectivity index (χ1) is 9.34. The molecule has 0 aromatic heterocycles. The van der Waals surface area contributed by atoms with Crippen LogP contribution in [0.25, 0.3) is 0 Å². The molecule has 2 rings (SSSR count). The normalized spacial score (nSPS) is 22.8. The summed E-state index contributed by atoms with van der Waals surface area (Å²) in [6.07, 6.45) is 2.74. The van der Waals surface area contributed by atoms with Crippen LogP contribution in [0.4, 0.5) is 4.39 Å². The zero-order valence-electron chi connectivity index (χ0n) is 12.5. The highest BCUT2D eigenvalue weighted by atomic mass is 19.1. The molecule has 20 heavy (non-hydrogen) atoms. The number of halogens is 1. The van der Waals surface area contributed by atoms with Gasteiger partial charge in [-0.15, -0.1) is 0 Å². The largest absolute Gasteiger partial charge is 0.491 e. The van der Waals surface area contributed by atoms with Gasteiger partial charge in [0, 0.05) is 12.1 Å². The fraction of sp³-hybridized carbons (Fsp3) is 0.625. The van der Waals surface area contributed by atoms with Crippen LogP contribution in [0, 0.1) is 5.82 Å². The molecule has 0 amide bonds. The highest BCUT2D eigenvalue weighted by molar-refractivity contribution is 5.30. The van der Waals surface area contributed by atoms with E-state index in [1.807, 2.05) is 13.0 Å². The molecule has 2 unspecified atom stereocenters. The van der Waals surface area contributed by atoms with Crippen molar-refractivity contribution in [2.24, 2.45) is 5.73 Å². The first-order valence-electron chi connectivity index (χ1n) is 7.20. The zero-order valence-corrected chi connectivity index (χ0v) is 12.5. The summed E-state index contributed by atoms with van der Waals surface area (Å²) in [6.45, 7) is 6.52. The first kappa shape index (κ1) is 15.3. The number of ether oxygens (including phenoxy) is 2. The third-order valence-electron chi connectivity index (χ3n) is 3.48. The molecular formula is C16H24FNO2. The van der Waals surface area contributed by atoms with Crippen LogP contribution in [0.5, 0.6) is 5.75 Å². The molecule has 1 fully saturated rings. The Balaban J connectivity index is 1.94. The van der Waals surface area contributed by atoms with Crippen LogP contribution >= 0.6 is 0 Å². The molecule has 2 N–H and O–H groups in total. The van der Waals surface area contributed by atoms with Crippen molar-refractivity contribution in [3.8, 4) is 5.75 Å². The highest BCUT2D eigenvalue weighted by Crippen LogP contribution is 2.29. The second-order valence-electron chi connectivity index (χ2n) is 6.33. The number of rotatable bonds is 5. The van der Waals surface area contributed by atoms with Crippen LogP contribution in [0.1, 0.15) is 39.2 Å². The van der Waals surface area contributed by atoms with E-state index in [1.54, 1.807) is 0 Å². The Labute approximate surface area is 120 Å². The Morgan fingerprint density at radius 3 is 2.80 bits per heavy atom. The monoisotopic (exact) mass is 281 g/mol. The van der Waals surface area contributed by atoms with Crippen molar-refractivity contribution < 1.29 is 13.9 Å². The van der Waals surface area contributed by atoms with Crippen molar-refractivity contribution in [3.63, 3.8) is 0 Å². The van der Waals surface area contributed by atoms with Crippen molar-refractivity contribution in [1.29, 1.82) is 0 Å². The van der Waals surface area contributed by atoms with E-state index in [-0.39, 0.29) is 23.6 Å². The van der Waals surface area contributed by atoms with Crippen molar-refractivity contribution in [2.75, 3.05) is 6.61 Å². The number of hydrogen-bond donors (Lipinski definition) is 1. The second-order valence-corrected chi connectivity index (χ2v) is 6.33. The van der Waals surface area contributed by atoms with Crippen LogP contribution < -0.4 is 10.5 Å². The maximum absolute atomic E-state index is 13.5. The van der Waals surface area contributed by atoms with E-state index in [4.69, 9.17) is 15.2 Å². The minimum atomic E-state index is -0.286. The standard InChI is InChI=1S/C16H24FNO2/c1-11(18)6-12-7-13(17)9-15(8-12)19-10-14-4-5-16(2,3)20-14/h7-9,11,14H,4-6,10,18H2,1-3H3. The summed E-state index contributed by atoms with van der Waals surface area (Å²) in [5, 5.41) is 0. The Kier molecular flexibility index (Phi) is 4.66. The Hall–Kier alpha value is -1.13. The minimum absolute atomic E-state index is 0.00335. The Morgan fingerprint density at radius 2 is 2.20 bits per heavy atom. The van der Waals surface area contributed by atoms with Gasteiger partial charge in [0.1, 0.15) is 18.2 Å². The summed E-state index contributed by atoms with van der Waals surface area (Å²) in [7, 11) is 0. The predicted octanol–water partition coefficient (Wildman–Crippen LogP) is 3.05. The molecule has 1 heterocycles. The van der Waals surface area contributed by atoms with Gasteiger partial charge in [0.2, 0.25) is 0 Å². The highest BCUT2D eigenvalue weighted by Gasteiger charge is 2.31. The molecular weight excluding hydrogens is 257 g/mol. The van der Waals surface area contributed by atoms with Crippen LogP contribution in [0.3, 0.4) is 0 Å². The first-order valence-corrected chi connectivity index (χ1v) is 7.20. The summed E-state index contributed by atoms with van der Waals surface area (Å²) >= 11 is 0. The van der Waals surface area contributed by atoms with E-state index in [0.717, 1.165) is 18.4 Å². The molecule has 0 saturated carbocycles. The van der Waals surface area contributed by atoms with Crippen LogP contribution in [0.15, 0.2) is 18.2 Å². The third-order valence-corrected chi connectivity index (χ3v) is 3.48. The molecule has 112 valence electrons. The molecule has 0 aliphatic carbocycles. The molecule has 0 radical (unpaired) electrons. The van der Waals surface area contributed by atoms with Gasteiger partial charge in [-0.25, -0.2) is 4.39 Å². The van der Waals surface area contributed by atoms with Gasteiger partial charge in [0.25, 0.3) is 0 Å². The number of nitrogens with two attached hydrogens (primary N) is 1. The third kappa shape index (κ3) is 4.46. The lowest BCUT2D eigenvalue weighted by Crippen LogP contribution is -2.24. The summed E-state index contributed by atoms with van der Waals surface area (Å²) < 4.78 is 25.1. The smallest absolute Gasteiger partial charge is 0.127 e. The maximum atomic E-state index is 13.5. The number of benzene rings is 1. The molecule has 0 bridgehead atoms. The lowest BCUT2D eigenvalue weighted by molar-refractivity contribution is -0.0327. The fourth-order valence-corrected chi connectivity index (χ4v) is 2.58. The summed E-state index contributed by atoms with van der Waals surface area (Å²) in [4.78, 5) is 0. The van der Waals surface area contributed by atoms with Crippen LogP contribution in [-0.4, -0.2) is 24.4 Å². The van der Waals surface area contributed by atoms with Gasteiger partial charge in [-0.3, -0.25) is 0 Å². The molecule has 3 nitrogen and oxygen atoms in total. The van der Waals surface area contributed by atoms with Crippen molar-refractivity contribution in [2.45, 2.75) is 57.8 Å². The Bertz CT molecular complexity index is 460. The van der Waals surface area contributed by atoms with Gasteiger partial charge in [0.15, 0.2) is 0 Å².